The maximum atomic E-state index is 11.8. The first kappa shape index (κ1) is 17.8. The minimum Gasteiger partial charge on any atom is -0.391 e. The van der Waals surface area contributed by atoms with Crippen LogP contribution < -0.4 is 51.4 Å². The maximum absolute atomic E-state index is 11.8. The fourth-order valence-corrected chi connectivity index (χ4v) is 1.28. The van der Waals surface area contributed by atoms with Crippen LogP contribution >= 0.6 is 0 Å². The van der Waals surface area contributed by atoms with Crippen LogP contribution in [0.1, 0.15) is 17.3 Å². The summed E-state index contributed by atoms with van der Waals surface area (Å²) in [7, 11) is 1.49. The third-order valence-corrected chi connectivity index (χ3v) is 2.17. The van der Waals surface area contributed by atoms with E-state index in [2.05, 4.69) is 0 Å². The Hall–Kier alpha value is -0.234. The number of benzene rings is 1. The molecule has 1 atom stereocenters. The number of hydrogen-bond acceptors (Lipinski definition) is 3. The van der Waals surface area contributed by atoms with Gasteiger partial charge in [0.15, 0.2) is 5.78 Å². The minimum absolute atomic E-state index is 0. The smallest absolute Gasteiger partial charge is 0.391 e. The zero-order valence-electron chi connectivity index (χ0n) is 10.9. The molecule has 1 unspecified atom stereocenters. The van der Waals surface area contributed by atoms with Crippen LogP contribution in [0.5, 0.6) is 0 Å². The van der Waals surface area contributed by atoms with E-state index in [0.29, 0.717) is 5.56 Å². The molecule has 18 heavy (non-hydrogen) atoms. The molecule has 0 saturated carbocycles. The molecule has 1 aromatic carbocycles. The first-order valence-electron chi connectivity index (χ1n) is 5.29. The summed E-state index contributed by atoms with van der Waals surface area (Å²) in [5.41, 5.74) is 0.603. The average Bonchev–Trinajstić information content (AvgIpc) is 2.35. The molecule has 90 valence electrons. The van der Waals surface area contributed by atoms with Crippen molar-refractivity contribution in [2.45, 2.75) is 13.0 Å². The Morgan fingerprint density at radius 2 is 1.89 bits per heavy atom. The molecule has 0 spiro atoms. The van der Waals surface area contributed by atoms with Gasteiger partial charge in [0, 0.05) is 19.0 Å². The average molecular weight is 270 g/mol. The van der Waals surface area contributed by atoms with Crippen LogP contribution in [0.3, 0.4) is 0 Å². The summed E-state index contributed by atoms with van der Waals surface area (Å²) in [6.45, 7) is 1.45. The van der Waals surface area contributed by atoms with Gasteiger partial charge in [-0.3, -0.25) is 4.79 Å². The Labute approximate surface area is 150 Å². The van der Waals surface area contributed by atoms with E-state index in [4.69, 9.17) is 4.74 Å². The van der Waals surface area contributed by atoms with Crippen molar-refractivity contribution in [3.05, 3.63) is 54.5 Å². The van der Waals surface area contributed by atoms with Gasteiger partial charge in [-0.25, -0.2) is 0 Å². The van der Waals surface area contributed by atoms with Crippen LogP contribution in [0.2, 0.25) is 0 Å². The van der Waals surface area contributed by atoms with Crippen molar-refractivity contribution < 1.29 is 65.7 Å². The molecule has 0 radical (unpaired) electrons. The van der Waals surface area contributed by atoms with E-state index >= 15 is 0 Å². The molecule has 0 aliphatic carbocycles. The van der Waals surface area contributed by atoms with Gasteiger partial charge in [-0.05, 0) is 13.0 Å². The molecule has 0 bridgehead atoms. The van der Waals surface area contributed by atoms with Crippen LogP contribution in [-0.2, 0) is 9.53 Å². The van der Waals surface area contributed by atoms with Gasteiger partial charge < -0.3 is 9.53 Å². The van der Waals surface area contributed by atoms with Gasteiger partial charge in [-0.1, -0.05) is 24.3 Å². The fraction of sp³-hybridized carbons (Fsp3) is 0.214. The van der Waals surface area contributed by atoms with Crippen molar-refractivity contribution in [1.82, 2.24) is 0 Å². The molecule has 0 N–H and O–H groups in total. The van der Waals surface area contributed by atoms with Gasteiger partial charge >= 0.3 is 51.4 Å². The summed E-state index contributed by atoms with van der Waals surface area (Å²) >= 11 is 0. The van der Waals surface area contributed by atoms with Crippen molar-refractivity contribution >= 4 is 11.6 Å². The van der Waals surface area contributed by atoms with Gasteiger partial charge in [0.2, 0.25) is 0 Å². The Morgan fingerprint density at radius 1 is 1.28 bits per heavy atom. The molecule has 0 aliphatic rings. The molecule has 1 aromatic rings. The summed E-state index contributed by atoms with van der Waals surface area (Å²) in [6, 6.07) is 8.92. The van der Waals surface area contributed by atoms with Crippen molar-refractivity contribution in [2.75, 3.05) is 7.11 Å². The quantitative estimate of drug-likeness (QED) is 0.295. The number of carbonyl (C=O) groups is 2. The van der Waals surface area contributed by atoms with Gasteiger partial charge in [-0.15, -0.1) is 17.7 Å². The molecule has 1 rings (SSSR count). The van der Waals surface area contributed by atoms with Crippen molar-refractivity contribution in [2.24, 2.45) is 0 Å². The first-order chi connectivity index (χ1) is 8.13. The van der Waals surface area contributed by atoms with Crippen LogP contribution in [0.4, 0.5) is 0 Å². The third-order valence-electron chi connectivity index (χ3n) is 2.17. The zero-order chi connectivity index (χ0) is 12.7. The number of ether oxygens (including phenoxy) is 1. The molecule has 0 saturated heterocycles. The van der Waals surface area contributed by atoms with Gasteiger partial charge in [0.25, 0.3) is 0 Å². The van der Waals surface area contributed by atoms with E-state index in [-0.39, 0.29) is 63.0 Å². The summed E-state index contributed by atoms with van der Waals surface area (Å²) in [5.74, 6) is -0.196. The predicted octanol–water partition coefficient (Wildman–Crippen LogP) is -0.762. The number of carbonyl (C=O) groups excluding carboxylic acids is 2. The number of rotatable bonds is 6. The Kier molecular flexibility index (Phi) is 9.54. The Bertz CT molecular complexity index is 412. The van der Waals surface area contributed by atoms with E-state index in [1.54, 1.807) is 30.3 Å². The molecule has 4 heteroatoms. The van der Waals surface area contributed by atoms with Crippen molar-refractivity contribution in [1.29, 1.82) is 0 Å². The minimum atomic E-state index is -0.480. The molecule has 0 fully saturated rings. The number of methoxy groups -OCH3 is 1. The molecular formula is C14H15KO3. The van der Waals surface area contributed by atoms with Crippen LogP contribution in [-0.4, -0.2) is 24.8 Å². The van der Waals surface area contributed by atoms with Crippen LogP contribution in [0, 0.1) is 6.42 Å². The second-order valence-electron chi connectivity index (χ2n) is 3.57. The van der Waals surface area contributed by atoms with E-state index in [0.717, 1.165) is 0 Å². The molecule has 0 aliphatic heterocycles. The van der Waals surface area contributed by atoms with E-state index in [9.17, 15) is 9.59 Å². The zero-order valence-corrected chi connectivity index (χ0v) is 14.0. The summed E-state index contributed by atoms with van der Waals surface area (Å²) < 4.78 is 5.08. The molecular weight excluding hydrogens is 255 g/mol. The third kappa shape index (κ3) is 6.63. The summed E-state index contributed by atoms with van der Waals surface area (Å²) in [4.78, 5) is 22.6. The number of hydrogen-bond donors (Lipinski definition) is 0. The molecule has 3 nitrogen and oxygen atoms in total. The predicted molar refractivity (Wildman–Crippen MR) is 65.7 cm³/mol. The Morgan fingerprint density at radius 3 is 2.39 bits per heavy atom. The molecule has 0 aromatic heterocycles. The van der Waals surface area contributed by atoms with Gasteiger partial charge in [-0.2, -0.15) is 6.42 Å². The standard InChI is InChI=1S/C14H15O3.K/c1-11(15)8-9-13(17-2)10-14(16)12-6-4-3-5-7-12;/h3-10,13H,1-2H3;/q-1;+1/b9-8+;. The van der Waals surface area contributed by atoms with E-state index in [1.165, 1.54) is 26.5 Å². The SMILES string of the molecule is COC(/C=C/C(C)=O)[CH-]C(=O)c1ccccc1.[K+]. The van der Waals surface area contributed by atoms with Crippen LogP contribution in [0.25, 0.3) is 0 Å². The van der Waals surface area contributed by atoms with E-state index < -0.39 is 6.10 Å². The molecule has 0 heterocycles. The monoisotopic (exact) mass is 270 g/mol. The van der Waals surface area contributed by atoms with Crippen LogP contribution in [0.15, 0.2) is 42.5 Å². The molecule has 0 amide bonds. The van der Waals surface area contributed by atoms with Crippen molar-refractivity contribution in [3.8, 4) is 0 Å². The summed E-state index contributed by atoms with van der Waals surface area (Å²) in [6.07, 6.45) is 3.91. The number of Topliss-reactive ketones (excluding diaryl/α,β-unsaturated/α-hetero) is 1. The topological polar surface area (TPSA) is 43.4 Å². The largest absolute Gasteiger partial charge is 1.00 e. The Balaban J connectivity index is 0.00000289. The fourth-order valence-electron chi connectivity index (χ4n) is 1.28. The second kappa shape index (κ2) is 9.66. The normalized spacial score (nSPS) is 11.7. The second-order valence-corrected chi connectivity index (χ2v) is 3.57. The van der Waals surface area contributed by atoms with Crippen molar-refractivity contribution in [3.63, 3.8) is 0 Å². The number of ketones is 2. The number of allylic oxidation sites excluding steroid dienone is 1. The summed E-state index contributed by atoms with van der Waals surface area (Å²) in [5, 5.41) is 0. The maximum Gasteiger partial charge on any atom is 1.00 e. The first-order valence-corrected chi connectivity index (χ1v) is 5.29. The van der Waals surface area contributed by atoms with E-state index in [1.807, 2.05) is 6.07 Å². The van der Waals surface area contributed by atoms with Gasteiger partial charge in [0.05, 0.1) is 0 Å². The van der Waals surface area contributed by atoms with Gasteiger partial charge in [0.1, 0.15) is 0 Å².